The minimum atomic E-state index is -1.48. The lowest BCUT2D eigenvalue weighted by atomic mass is 9.66. The summed E-state index contributed by atoms with van der Waals surface area (Å²) in [5, 5.41) is 18.8. The van der Waals surface area contributed by atoms with Gasteiger partial charge in [0, 0.05) is 11.9 Å². The first-order valence-electron chi connectivity index (χ1n) is 6.15. The second kappa shape index (κ2) is 6.20. The summed E-state index contributed by atoms with van der Waals surface area (Å²) < 4.78 is 19.0. The molecule has 18 heavy (non-hydrogen) atoms. The summed E-state index contributed by atoms with van der Waals surface area (Å²) in [6, 6.07) is 2.99. The molecule has 0 aliphatic rings. The van der Waals surface area contributed by atoms with Crippen molar-refractivity contribution in [3.05, 3.63) is 29.1 Å². The van der Waals surface area contributed by atoms with Crippen LogP contribution in [0.5, 0.6) is 5.75 Å². The summed E-state index contributed by atoms with van der Waals surface area (Å²) in [5.74, 6) is -0.411. The van der Waals surface area contributed by atoms with Gasteiger partial charge in [-0.3, -0.25) is 0 Å². The molecule has 0 amide bonds. The average Bonchev–Trinajstić information content (AvgIpc) is 2.30. The van der Waals surface area contributed by atoms with Crippen LogP contribution in [0.2, 0.25) is 0 Å². The maximum atomic E-state index is 13.8. The summed E-state index contributed by atoms with van der Waals surface area (Å²) in [4.78, 5) is 0. The molecule has 100 valence electrons. The minimum absolute atomic E-state index is 0.0306. The van der Waals surface area contributed by atoms with Crippen molar-refractivity contribution in [1.29, 1.82) is 0 Å². The van der Waals surface area contributed by atoms with Gasteiger partial charge in [0.05, 0.1) is 7.11 Å². The van der Waals surface area contributed by atoms with Crippen LogP contribution < -0.4 is 4.74 Å². The third-order valence-corrected chi connectivity index (χ3v) is 3.17. The Morgan fingerprint density at radius 2 is 1.89 bits per heavy atom. The van der Waals surface area contributed by atoms with Crippen molar-refractivity contribution in [1.82, 2.24) is 0 Å². The minimum Gasteiger partial charge on any atom is -0.496 e. The first-order chi connectivity index (χ1) is 8.42. The van der Waals surface area contributed by atoms with Gasteiger partial charge in [0.15, 0.2) is 0 Å². The van der Waals surface area contributed by atoms with Crippen LogP contribution in [0.15, 0.2) is 12.1 Å². The zero-order valence-corrected chi connectivity index (χ0v) is 11.3. The fraction of sp³-hybridized carbons (Fsp3) is 0.538. The molecule has 3 nitrogen and oxygen atoms in total. The second-order valence-electron chi connectivity index (χ2n) is 4.70. The van der Waals surface area contributed by atoms with Crippen LogP contribution in [0.3, 0.4) is 0 Å². The molecule has 2 N–H and O–H groups in total. The Morgan fingerprint density at radius 3 is 2.28 bits per heavy atom. The van der Waals surface area contributed by atoms with Gasteiger partial charge in [0.25, 0.3) is 0 Å². The van der Waals surface area contributed by atoms with E-state index in [4.69, 9.17) is 4.74 Å². The van der Waals surface area contributed by atoms with Crippen molar-refractivity contribution in [2.45, 2.75) is 38.9 Å². The first kappa shape index (κ1) is 15.0. The average molecular weight is 254 g/mol. The topological polar surface area (TPSA) is 49.7 Å². The van der Waals surface area contributed by atoms with Crippen LogP contribution in [0, 0.1) is 5.82 Å². The SMILES string of the molecule is CCC(B(O)O)c1cc(C(C)C)c(F)cc1OC. The molecule has 0 fully saturated rings. The highest BCUT2D eigenvalue weighted by atomic mass is 19.1. The molecule has 1 unspecified atom stereocenters. The highest BCUT2D eigenvalue weighted by Gasteiger charge is 2.27. The van der Waals surface area contributed by atoms with E-state index in [0.29, 0.717) is 23.3 Å². The first-order valence-corrected chi connectivity index (χ1v) is 6.15. The van der Waals surface area contributed by atoms with Gasteiger partial charge in [-0.05, 0) is 23.1 Å². The Hall–Kier alpha value is -1.07. The normalized spacial score (nSPS) is 12.7. The van der Waals surface area contributed by atoms with Crippen molar-refractivity contribution < 1.29 is 19.2 Å². The molecule has 0 bridgehead atoms. The predicted molar refractivity (Wildman–Crippen MR) is 70.3 cm³/mol. The van der Waals surface area contributed by atoms with Gasteiger partial charge in [-0.1, -0.05) is 27.2 Å². The van der Waals surface area contributed by atoms with E-state index in [1.807, 2.05) is 20.8 Å². The third kappa shape index (κ3) is 3.03. The molecule has 0 saturated heterocycles. The van der Waals surface area contributed by atoms with Crippen LogP contribution in [-0.4, -0.2) is 24.3 Å². The molecule has 0 saturated carbocycles. The number of halogens is 1. The van der Waals surface area contributed by atoms with E-state index in [2.05, 4.69) is 0 Å². The number of methoxy groups -OCH3 is 1. The standard InChI is InChI=1S/C13H20BFO3/c1-5-11(14(16)17)10-6-9(8(2)3)12(15)7-13(10)18-4/h6-8,11,16-17H,5H2,1-4H3. The fourth-order valence-corrected chi connectivity index (χ4v) is 2.09. The van der Waals surface area contributed by atoms with Crippen LogP contribution in [0.1, 0.15) is 50.1 Å². The second-order valence-corrected chi connectivity index (χ2v) is 4.70. The lowest BCUT2D eigenvalue weighted by Gasteiger charge is -2.20. The van der Waals surface area contributed by atoms with Crippen LogP contribution in [0.4, 0.5) is 4.39 Å². The number of rotatable bonds is 5. The van der Waals surface area contributed by atoms with E-state index in [1.165, 1.54) is 13.2 Å². The van der Waals surface area contributed by atoms with Gasteiger partial charge in [0.1, 0.15) is 11.6 Å². The van der Waals surface area contributed by atoms with Gasteiger partial charge in [-0.25, -0.2) is 4.39 Å². The van der Waals surface area contributed by atoms with Crippen molar-refractivity contribution in [3.63, 3.8) is 0 Å². The third-order valence-electron chi connectivity index (χ3n) is 3.17. The van der Waals surface area contributed by atoms with E-state index in [-0.39, 0.29) is 11.7 Å². The number of ether oxygens (including phenoxy) is 1. The Morgan fingerprint density at radius 1 is 1.28 bits per heavy atom. The highest BCUT2D eigenvalue weighted by Crippen LogP contribution is 2.34. The molecule has 1 aromatic carbocycles. The van der Waals surface area contributed by atoms with E-state index in [1.54, 1.807) is 6.07 Å². The van der Waals surface area contributed by atoms with E-state index < -0.39 is 12.9 Å². The summed E-state index contributed by atoms with van der Waals surface area (Å²) in [6.07, 6.45) is 0.539. The van der Waals surface area contributed by atoms with Crippen LogP contribution >= 0.6 is 0 Å². The van der Waals surface area contributed by atoms with Crippen molar-refractivity contribution >= 4 is 7.12 Å². The van der Waals surface area contributed by atoms with E-state index in [0.717, 1.165) is 0 Å². The Kier molecular flexibility index (Phi) is 5.17. The highest BCUT2D eigenvalue weighted by molar-refractivity contribution is 6.43. The summed E-state index contributed by atoms with van der Waals surface area (Å²) >= 11 is 0. The Labute approximate surface area is 108 Å². The Balaban J connectivity index is 3.35. The smallest absolute Gasteiger partial charge is 0.459 e. The van der Waals surface area contributed by atoms with Crippen LogP contribution in [0.25, 0.3) is 0 Å². The zero-order chi connectivity index (χ0) is 13.9. The maximum Gasteiger partial charge on any atom is 0.459 e. The van der Waals surface area contributed by atoms with Gasteiger partial charge < -0.3 is 14.8 Å². The Bertz CT molecular complexity index is 407. The van der Waals surface area contributed by atoms with Gasteiger partial charge in [-0.2, -0.15) is 0 Å². The molecule has 0 aliphatic heterocycles. The maximum absolute atomic E-state index is 13.8. The predicted octanol–water partition coefficient (Wildman–Crippen LogP) is 2.46. The lowest BCUT2D eigenvalue weighted by molar-refractivity contribution is 0.373. The molecule has 1 rings (SSSR count). The molecule has 1 atom stereocenters. The number of hydrogen-bond donors (Lipinski definition) is 2. The molecule has 0 heterocycles. The number of benzene rings is 1. The zero-order valence-electron chi connectivity index (χ0n) is 11.3. The molecule has 0 radical (unpaired) electrons. The number of hydrogen-bond acceptors (Lipinski definition) is 3. The van der Waals surface area contributed by atoms with E-state index in [9.17, 15) is 14.4 Å². The van der Waals surface area contributed by atoms with Gasteiger partial charge in [-0.15, -0.1) is 0 Å². The molecule has 0 spiro atoms. The fourth-order valence-electron chi connectivity index (χ4n) is 2.09. The summed E-state index contributed by atoms with van der Waals surface area (Å²) in [5.41, 5.74) is 1.20. The molecule has 1 aromatic rings. The van der Waals surface area contributed by atoms with Crippen molar-refractivity contribution in [2.24, 2.45) is 0 Å². The van der Waals surface area contributed by atoms with Crippen molar-refractivity contribution in [3.8, 4) is 5.75 Å². The van der Waals surface area contributed by atoms with Gasteiger partial charge in [0.2, 0.25) is 0 Å². The quantitative estimate of drug-likeness (QED) is 0.793. The molecule has 5 heteroatoms. The lowest BCUT2D eigenvalue weighted by Crippen LogP contribution is -2.23. The van der Waals surface area contributed by atoms with E-state index >= 15 is 0 Å². The molecule has 0 aliphatic carbocycles. The van der Waals surface area contributed by atoms with Crippen LogP contribution in [-0.2, 0) is 0 Å². The van der Waals surface area contributed by atoms with Crippen molar-refractivity contribution in [2.75, 3.05) is 7.11 Å². The summed E-state index contributed by atoms with van der Waals surface area (Å²) in [6.45, 7) is 5.64. The van der Waals surface area contributed by atoms with Gasteiger partial charge >= 0.3 is 7.12 Å². The molecular weight excluding hydrogens is 234 g/mol. The summed E-state index contributed by atoms with van der Waals surface area (Å²) in [7, 11) is -0.0292. The monoisotopic (exact) mass is 254 g/mol. The molecular formula is C13H20BFO3. The molecule has 0 aromatic heterocycles. The largest absolute Gasteiger partial charge is 0.496 e.